The van der Waals surface area contributed by atoms with Crippen LogP contribution in [0.3, 0.4) is 0 Å². The second-order valence-corrected chi connectivity index (χ2v) is 12.5. The van der Waals surface area contributed by atoms with Crippen molar-refractivity contribution in [3.05, 3.63) is 22.7 Å². The van der Waals surface area contributed by atoms with E-state index in [-0.39, 0.29) is 11.0 Å². The van der Waals surface area contributed by atoms with Crippen molar-refractivity contribution < 1.29 is 9.53 Å². The van der Waals surface area contributed by atoms with Gasteiger partial charge in [0.2, 0.25) is 5.28 Å². The van der Waals surface area contributed by atoms with Crippen LogP contribution >= 0.6 is 11.6 Å². The second kappa shape index (κ2) is 7.94. The Balaban J connectivity index is 3.38. The zero-order valence-corrected chi connectivity index (χ0v) is 16.7. The Hall–Kier alpha value is -1.38. The maximum absolute atomic E-state index is 11.6. The molecule has 1 heterocycles. The number of ether oxygens (including phenoxy) is 1. The van der Waals surface area contributed by atoms with Crippen LogP contribution in [0.5, 0.6) is 0 Å². The van der Waals surface area contributed by atoms with Crippen molar-refractivity contribution in [3.63, 3.8) is 0 Å². The van der Waals surface area contributed by atoms with Gasteiger partial charge in [0, 0.05) is 6.07 Å². The van der Waals surface area contributed by atoms with E-state index in [2.05, 4.69) is 67.7 Å². The Morgan fingerprint density at radius 3 is 2.09 bits per heavy atom. The van der Waals surface area contributed by atoms with Crippen LogP contribution in [-0.4, -0.2) is 31.1 Å². The van der Waals surface area contributed by atoms with Gasteiger partial charge >= 0.3 is 5.97 Å². The number of nitrogens with zero attached hydrogens (tertiary/aromatic N) is 2. The minimum atomic E-state index is -1.86. The molecule has 0 fully saturated rings. The molecule has 0 saturated carbocycles. The van der Waals surface area contributed by atoms with E-state index in [1.54, 1.807) is 0 Å². The highest BCUT2D eigenvalue weighted by atomic mass is 35.5. The van der Waals surface area contributed by atoms with Crippen molar-refractivity contribution in [1.29, 1.82) is 0 Å². The minimum Gasteiger partial charge on any atom is -0.464 e. The molecule has 0 aromatic carbocycles. The molecule has 0 aliphatic carbocycles. The van der Waals surface area contributed by atoms with E-state index in [0.29, 0.717) is 22.3 Å². The number of carbonyl (C=O) groups is 1. The van der Waals surface area contributed by atoms with Crippen LogP contribution < -0.4 is 0 Å². The van der Waals surface area contributed by atoms with Crippen LogP contribution in [0.15, 0.2) is 6.07 Å². The molecule has 0 spiro atoms. The van der Waals surface area contributed by atoms with Gasteiger partial charge in [0.25, 0.3) is 0 Å². The second-order valence-electron chi connectivity index (χ2n) is 6.55. The molecule has 0 aliphatic rings. The van der Waals surface area contributed by atoms with E-state index in [4.69, 9.17) is 11.6 Å². The lowest BCUT2D eigenvalue weighted by Gasteiger charge is -2.38. The molecule has 1 rings (SSSR count). The van der Waals surface area contributed by atoms with Crippen molar-refractivity contribution >= 4 is 25.6 Å². The fraction of sp³-hybridized carbons (Fsp3) is 0.588. The maximum Gasteiger partial charge on any atom is 0.356 e. The van der Waals surface area contributed by atoms with E-state index < -0.39 is 14.0 Å². The van der Waals surface area contributed by atoms with Gasteiger partial charge in [-0.1, -0.05) is 47.5 Å². The summed E-state index contributed by atoms with van der Waals surface area (Å²) in [6.45, 7) is 13.5. The Morgan fingerprint density at radius 2 is 1.65 bits per heavy atom. The summed E-state index contributed by atoms with van der Waals surface area (Å²) in [4.78, 5) is 19.6. The number of hydrogen-bond donors (Lipinski definition) is 0. The first-order valence-corrected chi connectivity index (χ1v) is 10.4. The highest BCUT2D eigenvalue weighted by Gasteiger charge is 2.41. The average molecular weight is 353 g/mol. The summed E-state index contributed by atoms with van der Waals surface area (Å²) < 4.78 is 4.68. The molecule has 1 aromatic heterocycles. The summed E-state index contributed by atoms with van der Waals surface area (Å²) in [6, 6.07) is 1.53. The topological polar surface area (TPSA) is 52.1 Å². The molecule has 0 unspecified atom stereocenters. The first-order chi connectivity index (χ1) is 10.6. The Labute approximate surface area is 145 Å². The van der Waals surface area contributed by atoms with Crippen molar-refractivity contribution in [3.8, 4) is 11.5 Å². The van der Waals surface area contributed by atoms with Gasteiger partial charge in [0.1, 0.15) is 13.8 Å². The standard InChI is InChI=1S/C17H25ClN2O2Si/c1-11(2)23(12(3)4,13(5)6)9-8-14-10-15(16(21)22-7)20-17(18)19-14/h10-13H,1-7H3. The fourth-order valence-corrected chi connectivity index (χ4v) is 8.69. The minimum absolute atomic E-state index is 0.00288. The van der Waals surface area contributed by atoms with Crippen LogP contribution in [0.1, 0.15) is 57.7 Å². The van der Waals surface area contributed by atoms with E-state index in [9.17, 15) is 4.79 Å². The Morgan fingerprint density at radius 1 is 1.13 bits per heavy atom. The third kappa shape index (κ3) is 4.33. The predicted molar refractivity (Wildman–Crippen MR) is 96.3 cm³/mol. The van der Waals surface area contributed by atoms with Gasteiger partial charge in [-0.15, -0.1) is 5.54 Å². The summed E-state index contributed by atoms with van der Waals surface area (Å²) in [5, 5.41) is 0.00288. The van der Waals surface area contributed by atoms with Crippen molar-refractivity contribution in [1.82, 2.24) is 9.97 Å². The molecule has 6 heteroatoms. The lowest BCUT2D eigenvalue weighted by Crippen LogP contribution is -2.43. The maximum atomic E-state index is 11.6. The zero-order chi connectivity index (χ0) is 17.8. The van der Waals surface area contributed by atoms with Gasteiger partial charge in [0.15, 0.2) is 5.69 Å². The molecule has 0 atom stereocenters. The fourth-order valence-electron chi connectivity index (χ4n) is 3.30. The van der Waals surface area contributed by atoms with Crippen LogP contribution in [0.2, 0.25) is 21.9 Å². The molecule has 126 valence electrons. The van der Waals surface area contributed by atoms with Gasteiger partial charge in [-0.2, -0.15) is 0 Å². The number of hydrogen-bond acceptors (Lipinski definition) is 4. The van der Waals surface area contributed by atoms with Gasteiger partial charge < -0.3 is 4.74 Å². The van der Waals surface area contributed by atoms with E-state index >= 15 is 0 Å². The lowest BCUT2D eigenvalue weighted by atomic mass is 10.3. The molecule has 0 bridgehead atoms. The summed E-state index contributed by atoms with van der Waals surface area (Å²) in [7, 11) is -0.558. The third-order valence-electron chi connectivity index (χ3n) is 4.37. The van der Waals surface area contributed by atoms with Crippen LogP contribution in [-0.2, 0) is 4.74 Å². The Bertz CT molecular complexity index is 611. The highest BCUT2D eigenvalue weighted by Crippen LogP contribution is 2.40. The van der Waals surface area contributed by atoms with Crippen LogP contribution in [0.25, 0.3) is 0 Å². The Kier molecular flexibility index (Phi) is 6.79. The molecule has 1 aromatic rings. The largest absolute Gasteiger partial charge is 0.464 e. The van der Waals surface area contributed by atoms with Gasteiger partial charge in [-0.25, -0.2) is 14.8 Å². The number of carbonyl (C=O) groups excluding carboxylic acids is 1. The number of methoxy groups -OCH3 is 1. The van der Waals surface area contributed by atoms with Crippen LogP contribution in [0.4, 0.5) is 0 Å². The van der Waals surface area contributed by atoms with Crippen LogP contribution in [0, 0.1) is 11.5 Å². The van der Waals surface area contributed by atoms with Gasteiger partial charge in [0.05, 0.1) is 7.11 Å². The summed E-state index contributed by atoms with van der Waals surface area (Å²) in [5.41, 5.74) is 5.70. The molecule has 0 amide bonds. The SMILES string of the molecule is COC(=O)c1cc(C#C[Si](C(C)C)(C(C)C)C(C)C)nc(Cl)n1. The lowest BCUT2D eigenvalue weighted by molar-refractivity contribution is 0.0593. The smallest absolute Gasteiger partial charge is 0.356 e. The molecule has 23 heavy (non-hydrogen) atoms. The monoisotopic (exact) mass is 352 g/mol. The number of rotatable bonds is 4. The van der Waals surface area contributed by atoms with E-state index in [1.807, 2.05) is 0 Å². The summed E-state index contributed by atoms with van der Waals surface area (Å²) in [6.07, 6.45) is 0. The van der Waals surface area contributed by atoms with Gasteiger partial charge in [-0.05, 0) is 28.2 Å². The quantitative estimate of drug-likeness (QED) is 0.347. The number of halogens is 1. The summed E-state index contributed by atoms with van der Waals surface area (Å²) in [5.74, 6) is 2.61. The molecular formula is C17H25ClN2O2Si. The summed E-state index contributed by atoms with van der Waals surface area (Å²) >= 11 is 5.90. The van der Waals surface area contributed by atoms with E-state index in [0.717, 1.165) is 0 Å². The molecule has 0 radical (unpaired) electrons. The molecule has 0 saturated heterocycles. The molecule has 0 N–H and O–H groups in total. The molecule has 4 nitrogen and oxygen atoms in total. The van der Waals surface area contributed by atoms with Crippen molar-refractivity contribution in [2.45, 2.75) is 58.2 Å². The first kappa shape index (κ1) is 19.7. The predicted octanol–water partition coefficient (Wildman–Crippen LogP) is 4.49. The first-order valence-electron chi connectivity index (χ1n) is 7.81. The number of aromatic nitrogens is 2. The zero-order valence-electron chi connectivity index (χ0n) is 14.9. The van der Waals surface area contributed by atoms with E-state index in [1.165, 1.54) is 13.2 Å². The van der Waals surface area contributed by atoms with Gasteiger partial charge in [-0.3, -0.25) is 0 Å². The normalized spacial score (nSPS) is 11.6. The number of esters is 1. The molecule has 0 aliphatic heterocycles. The van der Waals surface area contributed by atoms with Crippen molar-refractivity contribution in [2.75, 3.05) is 7.11 Å². The average Bonchev–Trinajstić information content (AvgIpc) is 2.45. The van der Waals surface area contributed by atoms with Crippen molar-refractivity contribution in [2.24, 2.45) is 0 Å². The highest BCUT2D eigenvalue weighted by molar-refractivity contribution is 6.90. The molecular weight excluding hydrogens is 328 g/mol. The third-order valence-corrected chi connectivity index (χ3v) is 10.8.